The summed E-state index contributed by atoms with van der Waals surface area (Å²) in [6.45, 7) is -0.107. The fraction of sp³-hybridized carbons (Fsp3) is 0.417. The highest BCUT2D eigenvalue weighted by Crippen LogP contribution is 1.94. The van der Waals surface area contributed by atoms with Crippen LogP contribution < -0.4 is 5.32 Å². The number of ether oxygens (including phenoxy) is 2. The van der Waals surface area contributed by atoms with Crippen molar-refractivity contribution in [2.75, 3.05) is 20.3 Å². The molecule has 8 nitrogen and oxygen atoms in total. The number of rotatable bonds is 7. The Hall–Kier alpha value is -2.51. The van der Waals surface area contributed by atoms with Crippen LogP contribution >= 0.6 is 0 Å². The van der Waals surface area contributed by atoms with Crippen molar-refractivity contribution in [1.82, 2.24) is 15.3 Å². The Labute approximate surface area is 115 Å². The molecule has 0 aliphatic rings. The highest BCUT2D eigenvalue weighted by Gasteiger charge is 2.11. The van der Waals surface area contributed by atoms with Crippen LogP contribution in [0.4, 0.5) is 0 Å². The number of esters is 2. The molecule has 1 aromatic rings. The number of nitrogens with one attached hydrogen (secondary N) is 1. The number of hydrogen-bond donors (Lipinski definition) is 1. The fourth-order valence-electron chi connectivity index (χ4n) is 1.22. The summed E-state index contributed by atoms with van der Waals surface area (Å²) in [4.78, 5) is 41.1. The van der Waals surface area contributed by atoms with Crippen molar-refractivity contribution in [3.05, 3.63) is 24.3 Å². The Balaban J connectivity index is 2.17. The van der Waals surface area contributed by atoms with Crippen molar-refractivity contribution in [2.45, 2.75) is 12.8 Å². The zero-order valence-corrected chi connectivity index (χ0v) is 11.0. The molecule has 0 spiro atoms. The van der Waals surface area contributed by atoms with Gasteiger partial charge in [0.1, 0.15) is 0 Å². The summed E-state index contributed by atoms with van der Waals surface area (Å²) in [6.07, 6.45) is 4.69. The summed E-state index contributed by atoms with van der Waals surface area (Å²) in [5.41, 5.74) is 0.0333. The van der Waals surface area contributed by atoms with Gasteiger partial charge in [0.25, 0.3) is 5.91 Å². The number of carbonyl (C=O) groups excluding carboxylic acids is 3. The maximum Gasteiger partial charge on any atom is 0.359 e. The molecule has 0 unspecified atom stereocenters. The molecule has 0 bridgehead atoms. The molecule has 0 aromatic carbocycles. The highest BCUT2D eigenvalue weighted by atomic mass is 16.5. The van der Waals surface area contributed by atoms with Gasteiger partial charge in [0.05, 0.1) is 13.3 Å². The van der Waals surface area contributed by atoms with Crippen molar-refractivity contribution in [3.8, 4) is 0 Å². The highest BCUT2D eigenvalue weighted by molar-refractivity contribution is 5.89. The Morgan fingerprint density at radius 2 is 2.10 bits per heavy atom. The molecular formula is C12H15N3O5. The van der Waals surface area contributed by atoms with Crippen LogP contribution in [0.2, 0.25) is 0 Å². The SMILES string of the molecule is COC(=O)CCCNC(=O)COC(=O)c1cnccn1. The second-order valence-electron chi connectivity index (χ2n) is 3.70. The van der Waals surface area contributed by atoms with E-state index in [1.165, 1.54) is 25.7 Å². The third kappa shape index (κ3) is 5.89. The van der Waals surface area contributed by atoms with Crippen molar-refractivity contribution < 1.29 is 23.9 Å². The lowest BCUT2D eigenvalue weighted by Gasteiger charge is -2.05. The third-order valence-electron chi connectivity index (χ3n) is 2.21. The second kappa shape index (κ2) is 8.57. The van der Waals surface area contributed by atoms with Gasteiger partial charge in [-0.25, -0.2) is 9.78 Å². The lowest BCUT2D eigenvalue weighted by Crippen LogP contribution is -2.30. The molecule has 8 heteroatoms. The minimum atomic E-state index is -0.720. The van der Waals surface area contributed by atoms with Crippen LogP contribution in [0.5, 0.6) is 0 Å². The molecule has 20 heavy (non-hydrogen) atoms. The van der Waals surface area contributed by atoms with Crippen LogP contribution in [0.15, 0.2) is 18.6 Å². The summed E-state index contributed by atoms with van der Waals surface area (Å²) in [5, 5.41) is 2.51. The van der Waals surface area contributed by atoms with Crippen LogP contribution in [0.3, 0.4) is 0 Å². The van der Waals surface area contributed by atoms with E-state index in [0.717, 1.165) is 0 Å². The smallest absolute Gasteiger partial charge is 0.359 e. The van der Waals surface area contributed by atoms with Gasteiger partial charge in [0.2, 0.25) is 0 Å². The van der Waals surface area contributed by atoms with E-state index >= 15 is 0 Å². The molecule has 1 aromatic heterocycles. The van der Waals surface area contributed by atoms with Gasteiger partial charge in [-0.05, 0) is 6.42 Å². The van der Waals surface area contributed by atoms with Gasteiger partial charge in [-0.1, -0.05) is 0 Å². The Kier molecular flexibility index (Phi) is 6.66. The number of aromatic nitrogens is 2. The number of hydrogen-bond acceptors (Lipinski definition) is 7. The molecule has 0 saturated heterocycles. The first-order valence-corrected chi connectivity index (χ1v) is 5.90. The van der Waals surface area contributed by atoms with Crippen LogP contribution in [-0.4, -0.2) is 48.1 Å². The number of carbonyl (C=O) groups is 3. The normalized spacial score (nSPS) is 9.65. The van der Waals surface area contributed by atoms with Crippen LogP contribution in [0.25, 0.3) is 0 Å². The summed E-state index contributed by atoms with van der Waals surface area (Å²) in [6, 6.07) is 0. The quantitative estimate of drug-likeness (QED) is 0.540. The van der Waals surface area contributed by atoms with Crippen LogP contribution in [0.1, 0.15) is 23.3 Å². The van der Waals surface area contributed by atoms with Crippen molar-refractivity contribution in [1.29, 1.82) is 0 Å². The predicted octanol–water partition coefficient (Wildman–Crippen LogP) is -0.297. The Bertz CT molecular complexity index is 463. The maximum atomic E-state index is 11.4. The first-order chi connectivity index (χ1) is 9.63. The van der Waals surface area contributed by atoms with Gasteiger partial charge in [-0.2, -0.15) is 0 Å². The van der Waals surface area contributed by atoms with E-state index < -0.39 is 18.5 Å². The standard InChI is InChI=1S/C12H15N3O5/c1-19-11(17)3-2-4-15-10(16)8-20-12(18)9-7-13-5-6-14-9/h5-7H,2-4,8H2,1H3,(H,15,16). The number of amides is 1. The van der Waals surface area contributed by atoms with Crippen LogP contribution in [-0.2, 0) is 19.1 Å². The lowest BCUT2D eigenvalue weighted by molar-refractivity contribution is -0.140. The van der Waals surface area contributed by atoms with E-state index in [4.69, 9.17) is 4.74 Å². The molecule has 0 aliphatic carbocycles. The summed E-state index contributed by atoms with van der Waals surface area (Å²) in [5.74, 6) is -1.51. The summed E-state index contributed by atoms with van der Waals surface area (Å²) < 4.78 is 9.20. The average molecular weight is 281 g/mol. The first-order valence-electron chi connectivity index (χ1n) is 5.90. The van der Waals surface area contributed by atoms with Gasteiger partial charge >= 0.3 is 11.9 Å². The van der Waals surface area contributed by atoms with Gasteiger partial charge < -0.3 is 14.8 Å². The minimum Gasteiger partial charge on any atom is -0.469 e. The Morgan fingerprint density at radius 3 is 2.75 bits per heavy atom. The minimum absolute atomic E-state index is 0.0333. The second-order valence-corrected chi connectivity index (χ2v) is 3.70. The molecular weight excluding hydrogens is 266 g/mol. The number of nitrogens with zero attached hydrogens (tertiary/aromatic N) is 2. The summed E-state index contributed by atoms with van der Waals surface area (Å²) in [7, 11) is 1.30. The van der Waals surface area contributed by atoms with Crippen molar-refractivity contribution in [3.63, 3.8) is 0 Å². The molecule has 1 amide bonds. The topological polar surface area (TPSA) is 107 Å². The molecule has 1 N–H and O–H groups in total. The largest absolute Gasteiger partial charge is 0.469 e. The maximum absolute atomic E-state index is 11.4. The molecule has 108 valence electrons. The molecule has 0 atom stereocenters. The Morgan fingerprint density at radius 1 is 1.30 bits per heavy atom. The van der Waals surface area contributed by atoms with Gasteiger partial charge in [-0.3, -0.25) is 14.6 Å². The zero-order valence-electron chi connectivity index (χ0n) is 11.0. The molecule has 1 rings (SSSR count). The van der Waals surface area contributed by atoms with E-state index in [0.29, 0.717) is 13.0 Å². The average Bonchev–Trinajstić information content (AvgIpc) is 2.49. The predicted molar refractivity (Wildman–Crippen MR) is 66.6 cm³/mol. The van der Waals surface area contributed by atoms with E-state index in [1.807, 2.05) is 0 Å². The number of methoxy groups -OCH3 is 1. The lowest BCUT2D eigenvalue weighted by atomic mass is 10.3. The third-order valence-corrected chi connectivity index (χ3v) is 2.21. The monoisotopic (exact) mass is 281 g/mol. The molecule has 0 saturated carbocycles. The van der Waals surface area contributed by atoms with Gasteiger partial charge in [-0.15, -0.1) is 0 Å². The van der Waals surface area contributed by atoms with E-state index in [2.05, 4.69) is 20.0 Å². The molecule has 1 heterocycles. The van der Waals surface area contributed by atoms with Crippen molar-refractivity contribution in [2.24, 2.45) is 0 Å². The van der Waals surface area contributed by atoms with Gasteiger partial charge in [0, 0.05) is 25.4 Å². The van der Waals surface area contributed by atoms with E-state index in [-0.39, 0.29) is 18.1 Å². The molecule has 0 radical (unpaired) electrons. The fourth-order valence-corrected chi connectivity index (χ4v) is 1.22. The van der Waals surface area contributed by atoms with Crippen LogP contribution in [0, 0.1) is 0 Å². The van der Waals surface area contributed by atoms with E-state index in [9.17, 15) is 14.4 Å². The zero-order chi connectivity index (χ0) is 14.8. The molecule has 0 aliphatic heterocycles. The van der Waals surface area contributed by atoms with E-state index in [1.54, 1.807) is 0 Å². The van der Waals surface area contributed by atoms with Crippen molar-refractivity contribution >= 4 is 17.8 Å². The molecule has 0 fully saturated rings. The summed E-state index contributed by atoms with van der Waals surface area (Å²) >= 11 is 0. The first kappa shape index (κ1) is 15.5. The van der Waals surface area contributed by atoms with Gasteiger partial charge in [0.15, 0.2) is 12.3 Å².